The molecule has 0 bridgehead atoms. The summed E-state index contributed by atoms with van der Waals surface area (Å²) in [6.45, 7) is 9.74. The van der Waals surface area contributed by atoms with E-state index in [1.165, 1.54) is 11.1 Å². The van der Waals surface area contributed by atoms with E-state index in [2.05, 4.69) is 82.7 Å². The monoisotopic (exact) mass is 405 g/mol. The zero-order valence-electron chi connectivity index (χ0n) is 18.3. The molecule has 3 rings (SSSR count). The van der Waals surface area contributed by atoms with E-state index in [0.29, 0.717) is 12.5 Å². The third-order valence-corrected chi connectivity index (χ3v) is 6.09. The summed E-state index contributed by atoms with van der Waals surface area (Å²) in [6, 6.07) is 20.8. The molecule has 160 valence electrons. The minimum atomic E-state index is -0.0831. The SMILES string of the molecule is CC[C@H](CNC(=O)[C@@H](C)N1CCN(C/C=C/c2ccccc2)CC1)c1ccccc1. The second kappa shape index (κ2) is 11.7. The molecule has 1 aliphatic heterocycles. The largest absolute Gasteiger partial charge is 0.354 e. The lowest BCUT2D eigenvalue weighted by atomic mass is 9.96. The van der Waals surface area contributed by atoms with E-state index in [4.69, 9.17) is 0 Å². The van der Waals surface area contributed by atoms with Gasteiger partial charge < -0.3 is 5.32 Å². The second-order valence-electron chi connectivity index (χ2n) is 8.09. The van der Waals surface area contributed by atoms with Gasteiger partial charge in [0.25, 0.3) is 0 Å². The van der Waals surface area contributed by atoms with Crippen LogP contribution in [-0.2, 0) is 4.79 Å². The molecule has 2 aromatic carbocycles. The van der Waals surface area contributed by atoms with Gasteiger partial charge in [-0.1, -0.05) is 79.7 Å². The quantitative estimate of drug-likeness (QED) is 0.685. The van der Waals surface area contributed by atoms with Crippen LogP contribution in [0.2, 0.25) is 0 Å². The Balaban J connectivity index is 1.40. The molecule has 4 heteroatoms. The zero-order chi connectivity index (χ0) is 21.2. The zero-order valence-corrected chi connectivity index (χ0v) is 18.3. The van der Waals surface area contributed by atoms with Gasteiger partial charge in [0, 0.05) is 45.2 Å². The van der Waals surface area contributed by atoms with E-state index in [9.17, 15) is 4.79 Å². The Labute approximate surface area is 181 Å². The van der Waals surface area contributed by atoms with E-state index in [1.807, 2.05) is 19.1 Å². The molecule has 2 atom stereocenters. The lowest BCUT2D eigenvalue weighted by molar-refractivity contribution is -0.126. The predicted octanol–water partition coefficient (Wildman–Crippen LogP) is 4.02. The van der Waals surface area contributed by atoms with Gasteiger partial charge in [-0.05, 0) is 24.5 Å². The van der Waals surface area contributed by atoms with Crippen LogP contribution in [0.15, 0.2) is 66.7 Å². The average Bonchev–Trinajstić information content (AvgIpc) is 2.81. The molecule has 1 fully saturated rings. The topological polar surface area (TPSA) is 35.6 Å². The van der Waals surface area contributed by atoms with Gasteiger partial charge in [0.1, 0.15) is 0 Å². The van der Waals surface area contributed by atoms with E-state index in [0.717, 1.165) is 39.1 Å². The fourth-order valence-corrected chi connectivity index (χ4v) is 4.00. The molecule has 1 heterocycles. The molecule has 0 radical (unpaired) electrons. The summed E-state index contributed by atoms with van der Waals surface area (Å²) >= 11 is 0. The molecule has 2 aromatic rings. The molecule has 0 saturated carbocycles. The van der Waals surface area contributed by atoms with Gasteiger partial charge in [-0.15, -0.1) is 0 Å². The van der Waals surface area contributed by atoms with Crippen LogP contribution in [0.4, 0.5) is 0 Å². The van der Waals surface area contributed by atoms with Crippen molar-refractivity contribution in [3.63, 3.8) is 0 Å². The van der Waals surface area contributed by atoms with Gasteiger partial charge in [0.05, 0.1) is 6.04 Å². The second-order valence-corrected chi connectivity index (χ2v) is 8.09. The van der Waals surface area contributed by atoms with Crippen molar-refractivity contribution >= 4 is 12.0 Å². The maximum atomic E-state index is 12.7. The third-order valence-electron chi connectivity index (χ3n) is 6.09. The number of piperazine rings is 1. The molecular formula is C26H35N3O. The van der Waals surface area contributed by atoms with Gasteiger partial charge >= 0.3 is 0 Å². The molecule has 0 spiro atoms. The standard InChI is InChI=1S/C26H35N3O/c1-3-24(25-14-8-5-9-15-25)21-27-26(30)22(2)29-19-17-28(18-20-29)16-10-13-23-11-6-4-7-12-23/h4-15,22,24H,3,16-21H2,1-2H3,(H,27,30)/b13-10+/t22-,24-/m1/s1. The van der Waals surface area contributed by atoms with Crippen LogP contribution in [0.3, 0.4) is 0 Å². The van der Waals surface area contributed by atoms with Crippen LogP contribution in [0.1, 0.15) is 37.3 Å². The number of benzene rings is 2. The van der Waals surface area contributed by atoms with Crippen molar-refractivity contribution < 1.29 is 4.79 Å². The molecule has 0 unspecified atom stereocenters. The molecule has 4 nitrogen and oxygen atoms in total. The predicted molar refractivity (Wildman–Crippen MR) is 125 cm³/mol. The van der Waals surface area contributed by atoms with Crippen LogP contribution < -0.4 is 5.32 Å². The number of carbonyl (C=O) groups is 1. The highest BCUT2D eigenvalue weighted by Gasteiger charge is 2.25. The molecule has 1 amide bonds. The molecule has 1 aliphatic rings. The first-order valence-electron chi connectivity index (χ1n) is 11.2. The van der Waals surface area contributed by atoms with Crippen molar-refractivity contribution in [2.45, 2.75) is 32.2 Å². The van der Waals surface area contributed by atoms with Crippen molar-refractivity contribution in [2.24, 2.45) is 0 Å². The van der Waals surface area contributed by atoms with Gasteiger partial charge in [-0.2, -0.15) is 0 Å². The smallest absolute Gasteiger partial charge is 0.237 e. The van der Waals surface area contributed by atoms with Crippen molar-refractivity contribution in [1.29, 1.82) is 0 Å². The van der Waals surface area contributed by atoms with Crippen molar-refractivity contribution in [2.75, 3.05) is 39.3 Å². The number of hydrogen-bond donors (Lipinski definition) is 1. The number of nitrogens with one attached hydrogen (secondary N) is 1. The van der Waals surface area contributed by atoms with Gasteiger partial charge in [0.15, 0.2) is 0 Å². The van der Waals surface area contributed by atoms with Crippen LogP contribution in [0.25, 0.3) is 6.08 Å². The normalized spacial score (nSPS) is 17.7. The summed E-state index contributed by atoms with van der Waals surface area (Å²) in [5, 5.41) is 3.19. The fourth-order valence-electron chi connectivity index (χ4n) is 4.00. The van der Waals surface area contributed by atoms with Crippen molar-refractivity contribution in [3.05, 3.63) is 77.9 Å². The lowest BCUT2D eigenvalue weighted by Crippen LogP contribution is -2.54. The Bertz CT molecular complexity index is 782. The summed E-state index contributed by atoms with van der Waals surface area (Å²) in [5.74, 6) is 0.511. The summed E-state index contributed by atoms with van der Waals surface area (Å²) in [7, 11) is 0. The number of carbonyl (C=O) groups excluding carboxylic acids is 1. The third kappa shape index (κ3) is 6.54. The highest BCUT2D eigenvalue weighted by molar-refractivity contribution is 5.81. The fraction of sp³-hybridized carbons (Fsp3) is 0.423. The van der Waals surface area contributed by atoms with E-state index in [-0.39, 0.29) is 11.9 Å². The van der Waals surface area contributed by atoms with Crippen LogP contribution >= 0.6 is 0 Å². The Morgan fingerprint density at radius 3 is 2.27 bits per heavy atom. The van der Waals surface area contributed by atoms with Gasteiger partial charge in [-0.25, -0.2) is 0 Å². The van der Waals surface area contributed by atoms with Crippen molar-refractivity contribution in [3.8, 4) is 0 Å². The molecule has 0 aliphatic carbocycles. The summed E-state index contributed by atoms with van der Waals surface area (Å²) in [5.41, 5.74) is 2.53. The molecule has 1 saturated heterocycles. The van der Waals surface area contributed by atoms with Crippen LogP contribution in [0.5, 0.6) is 0 Å². The van der Waals surface area contributed by atoms with Crippen molar-refractivity contribution in [1.82, 2.24) is 15.1 Å². The lowest BCUT2D eigenvalue weighted by Gasteiger charge is -2.37. The average molecular weight is 406 g/mol. The van der Waals surface area contributed by atoms with Crippen LogP contribution in [0, 0.1) is 0 Å². The maximum absolute atomic E-state index is 12.7. The minimum absolute atomic E-state index is 0.0831. The van der Waals surface area contributed by atoms with Gasteiger partial charge in [-0.3, -0.25) is 14.6 Å². The number of nitrogens with zero attached hydrogens (tertiary/aromatic N) is 2. The number of rotatable bonds is 9. The maximum Gasteiger partial charge on any atom is 0.237 e. The van der Waals surface area contributed by atoms with E-state index < -0.39 is 0 Å². The van der Waals surface area contributed by atoms with Crippen LogP contribution in [-0.4, -0.2) is 61.0 Å². The Hall–Kier alpha value is -2.43. The summed E-state index contributed by atoms with van der Waals surface area (Å²) in [4.78, 5) is 17.5. The van der Waals surface area contributed by atoms with E-state index >= 15 is 0 Å². The minimum Gasteiger partial charge on any atom is -0.354 e. The highest BCUT2D eigenvalue weighted by atomic mass is 16.2. The number of amides is 1. The molecule has 1 N–H and O–H groups in total. The molecule has 0 aromatic heterocycles. The van der Waals surface area contributed by atoms with Gasteiger partial charge in [0.2, 0.25) is 5.91 Å². The Morgan fingerprint density at radius 1 is 1.00 bits per heavy atom. The summed E-state index contributed by atoms with van der Waals surface area (Å²) in [6.07, 6.45) is 5.43. The Morgan fingerprint density at radius 2 is 1.63 bits per heavy atom. The first kappa shape index (κ1) is 22.3. The van der Waals surface area contributed by atoms with E-state index in [1.54, 1.807) is 0 Å². The Kier molecular flexibility index (Phi) is 8.66. The molecule has 30 heavy (non-hydrogen) atoms. The summed E-state index contributed by atoms with van der Waals surface area (Å²) < 4.78 is 0. The highest BCUT2D eigenvalue weighted by Crippen LogP contribution is 2.18. The molecular weight excluding hydrogens is 370 g/mol. The first-order chi connectivity index (χ1) is 14.7. The first-order valence-corrected chi connectivity index (χ1v) is 11.2. The number of hydrogen-bond acceptors (Lipinski definition) is 3.